The fourth-order valence-electron chi connectivity index (χ4n) is 4.54. The molecule has 3 atom stereocenters. The van der Waals surface area contributed by atoms with Crippen molar-refractivity contribution < 1.29 is 14.3 Å². The van der Waals surface area contributed by atoms with Gasteiger partial charge in [-0.3, -0.25) is 4.79 Å². The third-order valence-corrected chi connectivity index (χ3v) is 5.98. The molecule has 1 aromatic rings. The second kappa shape index (κ2) is 5.35. The molecule has 1 N–H and O–H groups in total. The van der Waals surface area contributed by atoms with Crippen LogP contribution in [0.1, 0.15) is 33.1 Å². The minimum Gasteiger partial charge on any atom is -0.347 e. The first kappa shape index (κ1) is 15.7. The average molecular weight is 333 g/mol. The van der Waals surface area contributed by atoms with Crippen molar-refractivity contribution in [3.05, 3.63) is 11.8 Å². The number of aromatic nitrogens is 4. The lowest BCUT2D eigenvalue weighted by molar-refractivity contribution is -0.239. The molecule has 0 amide bonds. The number of anilines is 1. The number of hydrogen-bond donors (Lipinski definition) is 1. The fraction of sp³-hybridized carbons (Fsp3) is 0.750. The van der Waals surface area contributed by atoms with E-state index < -0.39 is 11.2 Å². The molecule has 24 heavy (non-hydrogen) atoms. The van der Waals surface area contributed by atoms with Crippen LogP contribution in [0.2, 0.25) is 0 Å². The van der Waals surface area contributed by atoms with E-state index in [1.165, 1.54) is 4.80 Å². The lowest BCUT2D eigenvalue weighted by Gasteiger charge is -2.52. The van der Waals surface area contributed by atoms with Gasteiger partial charge in [0.1, 0.15) is 0 Å². The summed E-state index contributed by atoms with van der Waals surface area (Å²) in [5.41, 5.74) is 0.150. The fourth-order valence-corrected chi connectivity index (χ4v) is 4.54. The van der Waals surface area contributed by atoms with Crippen LogP contribution in [0, 0.1) is 17.3 Å². The minimum absolute atomic E-state index is 0.117. The third-order valence-electron chi connectivity index (χ3n) is 5.98. The van der Waals surface area contributed by atoms with Crippen molar-refractivity contribution in [1.29, 1.82) is 0 Å². The van der Waals surface area contributed by atoms with Gasteiger partial charge in [0.2, 0.25) is 0 Å². The Bertz CT molecular complexity index is 694. The Morgan fingerprint density at radius 3 is 2.75 bits per heavy atom. The van der Waals surface area contributed by atoms with Gasteiger partial charge in [-0.1, -0.05) is 25.0 Å². The van der Waals surface area contributed by atoms with E-state index in [9.17, 15) is 4.79 Å². The molecule has 2 aliphatic carbocycles. The SMILES string of the molecule is C[C@H]1[C@@H]2CC=C(Nc3nnn(C)n3)C(=O)[C@@]2(C)CCC12OCCO2. The van der Waals surface area contributed by atoms with Crippen molar-refractivity contribution in [2.75, 3.05) is 18.5 Å². The van der Waals surface area contributed by atoms with E-state index in [0.29, 0.717) is 24.9 Å². The number of ketones is 1. The van der Waals surface area contributed by atoms with E-state index in [1.807, 2.05) is 6.08 Å². The molecule has 1 aliphatic heterocycles. The molecular weight excluding hydrogens is 310 g/mol. The predicted molar refractivity (Wildman–Crippen MR) is 84.8 cm³/mol. The monoisotopic (exact) mass is 333 g/mol. The van der Waals surface area contributed by atoms with Gasteiger partial charge in [0.15, 0.2) is 11.6 Å². The van der Waals surface area contributed by atoms with Crippen LogP contribution in [0.4, 0.5) is 5.95 Å². The summed E-state index contributed by atoms with van der Waals surface area (Å²) in [6, 6.07) is 0. The summed E-state index contributed by atoms with van der Waals surface area (Å²) in [5, 5.41) is 14.8. The van der Waals surface area contributed by atoms with Gasteiger partial charge in [-0.15, -0.1) is 5.10 Å². The van der Waals surface area contributed by atoms with E-state index in [-0.39, 0.29) is 17.6 Å². The van der Waals surface area contributed by atoms with Crippen LogP contribution in [0.3, 0.4) is 0 Å². The predicted octanol–water partition coefficient (Wildman–Crippen LogP) is 1.27. The third kappa shape index (κ3) is 2.20. The summed E-state index contributed by atoms with van der Waals surface area (Å²) >= 11 is 0. The van der Waals surface area contributed by atoms with Crippen LogP contribution in [-0.4, -0.2) is 45.0 Å². The van der Waals surface area contributed by atoms with Crippen LogP contribution in [0.5, 0.6) is 0 Å². The molecule has 0 bridgehead atoms. The molecule has 2 fully saturated rings. The normalized spacial score (nSPS) is 35.0. The molecule has 1 saturated carbocycles. The lowest BCUT2D eigenvalue weighted by atomic mass is 9.55. The molecular formula is C16H23N5O3. The van der Waals surface area contributed by atoms with E-state index in [1.54, 1.807) is 7.05 Å². The number of Topliss-reactive ketones (excluding diaryl/α,β-unsaturated/α-hetero) is 1. The van der Waals surface area contributed by atoms with Gasteiger partial charge in [0.05, 0.1) is 26.0 Å². The molecule has 0 radical (unpaired) electrons. The highest BCUT2D eigenvalue weighted by Gasteiger charge is 2.58. The number of nitrogens with one attached hydrogen (secondary N) is 1. The van der Waals surface area contributed by atoms with E-state index in [0.717, 1.165) is 19.3 Å². The van der Waals surface area contributed by atoms with E-state index in [4.69, 9.17) is 9.47 Å². The second-order valence-electron chi connectivity index (χ2n) is 7.23. The highest BCUT2D eigenvalue weighted by Crippen LogP contribution is 2.55. The quantitative estimate of drug-likeness (QED) is 0.871. The molecule has 0 aromatic carbocycles. The van der Waals surface area contributed by atoms with Gasteiger partial charge < -0.3 is 14.8 Å². The molecule has 1 spiro atoms. The number of hydrogen-bond acceptors (Lipinski definition) is 7. The highest BCUT2D eigenvalue weighted by atomic mass is 16.7. The van der Waals surface area contributed by atoms with Gasteiger partial charge in [0, 0.05) is 17.8 Å². The molecule has 8 nitrogen and oxygen atoms in total. The summed E-state index contributed by atoms with van der Waals surface area (Å²) < 4.78 is 11.9. The van der Waals surface area contributed by atoms with Gasteiger partial charge in [0.25, 0.3) is 5.95 Å². The zero-order valence-corrected chi connectivity index (χ0v) is 14.3. The van der Waals surface area contributed by atoms with Crippen molar-refractivity contribution in [2.24, 2.45) is 24.3 Å². The number of rotatable bonds is 2. The maximum atomic E-state index is 13.1. The Hall–Kier alpha value is -1.80. The Morgan fingerprint density at radius 2 is 2.08 bits per heavy atom. The van der Waals surface area contributed by atoms with E-state index >= 15 is 0 Å². The number of nitrogens with zero attached hydrogens (tertiary/aromatic N) is 4. The first-order valence-electron chi connectivity index (χ1n) is 8.48. The summed E-state index contributed by atoms with van der Waals surface area (Å²) in [6.07, 6.45) is 4.27. The first-order chi connectivity index (χ1) is 11.4. The smallest absolute Gasteiger partial charge is 0.267 e. The van der Waals surface area contributed by atoms with Gasteiger partial charge >= 0.3 is 0 Å². The number of carbonyl (C=O) groups excluding carboxylic acids is 1. The van der Waals surface area contributed by atoms with Crippen molar-refractivity contribution in [3.8, 4) is 0 Å². The zero-order valence-electron chi connectivity index (χ0n) is 14.3. The minimum atomic E-state index is -0.504. The van der Waals surface area contributed by atoms with Crippen LogP contribution >= 0.6 is 0 Å². The van der Waals surface area contributed by atoms with Crippen molar-refractivity contribution in [1.82, 2.24) is 20.2 Å². The number of tetrazole rings is 1. The lowest BCUT2D eigenvalue weighted by Crippen LogP contribution is -2.56. The Labute approximate surface area is 140 Å². The largest absolute Gasteiger partial charge is 0.347 e. The molecule has 3 aliphatic rings. The van der Waals surface area contributed by atoms with Gasteiger partial charge in [-0.25, -0.2) is 0 Å². The maximum Gasteiger partial charge on any atom is 0.267 e. The molecule has 1 aromatic heterocycles. The zero-order chi connectivity index (χ0) is 16.9. The van der Waals surface area contributed by atoms with Gasteiger partial charge in [-0.2, -0.15) is 4.80 Å². The number of fused-ring (bicyclic) bond motifs is 1. The first-order valence-corrected chi connectivity index (χ1v) is 8.48. The van der Waals surface area contributed by atoms with Crippen molar-refractivity contribution in [2.45, 2.75) is 38.9 Å². The topological polar surface area (TPSA) is 91.2 Å². The van der Waals surface area contributed by atoms with Crippen LogP contribution in [0.25, 0.3) is 0 Å². The number of allylic oxidation sites excluding steroid dienone is 2. The Morgan fingerprint density at radius 1 is 1.33 bits per heavy atom. The highest BCUT2D eigenvalue weighted by molar-refractivity contribution is 6.02. The summed E-state index contributed by atoms with van der Waals surface area (Å²) in [5.74, 6) is 0.343. The van der Waals surface area contributed by atoms with Crippen LogP contribution in [0.15, 0.2) is 11.8 Å². The molecule has 8 heteroatoms. The molecule has 2 heterocycles. The second-order valence-corrected chi connectivity index (χ2v) is 7.23. The standard InChI is InChI=1S/C16H23N5O3/c1-10-11-4-5-12(17-14-18-20-21(3)19-14)13(22)15(11,2)6-7-16(10)23-8-9-24-16/h5,10-11H,4,6-9H2,1-3H3,(H,17,19)/t10-,11-,15-/m0/s1. The van der Waals surface area contributed by atoms with Gasteiger partial charge in [-0.05, 0) is 24.0 Å². The number of ether oxygens (including phenoxy) is 2. The summed E-state index contributed by atoms with van der Waals surface area (Å²) in [6.45, 7) is 5.50. The molecule has 0 unspecified atom stereocenters. The molecule has 130 valence electrons. The summed E-state index contributed by atoms with van der Waals surface area (Å²) in [7, 11) is 1.69. The van der Waals surface area contributed by atoms with E-state index in [2.05, 4.69) is 34.6 Å². The van der Waals surface area contributed by atoms with Crippen LogP contribution in [-0.2, 0) is 21.3 Å². The Balaban J connectivity index is 1.60. The average Bonchev–Trinajstić information content (AvgIpc) is 3.19. The number of carbonyl (C=O) groups is 1. The molecule has 1 saturated heterocycles. The summed E-state index contributed by atoms with van der Waals surface area (Å²) in [4.78, 5) is 14.5. The van der Waals surface area contributed by atoms with Crippen LogP contribution < -0.4 is 5.32 Å². The van der Waals surface area contributed by atoms with Crippen molar-refractivity contribution in [3.63, 3.8) is 0 Å². The Kier molecular flexibility index (Phi) is 3.50. The maximum absolute atomic E-state index is 13.1. The number of aryl methyl sites for hydroxylation is 1. The van der Waals surface area contributed by atoms with Crippen molar-refractivity contribution >= 4 is 11.7 Å². The molecule has 4 rings (SSSR count).